The number of ketones is 1. The zero-order valence-electron chi connectivity index (χ0n) is 10.1. The molecule has 0 fully saturated rings. The molecule has 1 aromatic rings. The SMILES string of the molecule is C=CCCOCC(=O)c1ccc2c(c1)CCC2. The summed E-state index contributed by atoms with van der Waals surface area (Å²) in [5.41, 5.74) is 3.51. The molecule has 0 heterocycles. The second kappa shape index (κ2) is 5.78. The van der Waals surface area contributed by atoms with E-state index in [9.17, 15) is 4.79 Å². The van der Waals surface area contributed by atoms with Crippen molar-refractivity contribution in [3.05, 3.63) is 47.5 Å². The first-order valence-electron chi connectivity index (χ1n) is 6.15. The molecule has 0 radical (unpaired) electrons. The summed E-state index contributed by atoms with van der Waals surface area (Å²) < 4.78 is 5.29. The van der Waals surface area contributed by atoms with Crippen molar-refractivity contribution in [2.45, 2.75) is 25.7 Å². The molecule has 1 aromatic carbocycles. The Kier molecular flexibility index (Phi) is 4.10. The van der Waals surface area contributed by atoms with Gasteiger partial charge in [0.05, 0.1) is 6.61 Å². The normalized spacial score (nSPS) is 13.4. The summed E-state index contributed by atoms with van der Waals surface area (Å²) >= 11 is 0. The largest absolute Gasteiger partial charge is 0.373 e. The van der Waals surface area contributed by atoms with Crippen molar-refractivity contribution in [2.75, 3.05) is 13.2 Å². The topological polar surface area (TPSA) is 26.3 Å². The molecule has 0 bridgehead atoms. The molecule has 0 saturated carbocycles. The van der Waals surface area contributed by atoms with E-state index in [-0.39, 0.29) is 12.4 Å². The molecule has 0 aliphatic heterocycles. The molecular formula is C15H18O2. The first-order valence-corrected chi connectivity index (χ1v) is 6.15. The van der Waals surface area contributed by atoms with Crippen LogP contribution in [0.4, 0.5) is 0 Å². The summed E-state index contributed by atoms with van der Waals surface area (Å²) in [4.78, 5) is 11.9. The molecular weight excluding hydrogens is 212 g/mol. The van der Waals surface area contributed by atoms with Gasteiger partial charge < -0.3 is 4.74 Å². The van der Waals surface area contributed by atoms with Gasteiger partial charge in [-0.15, -0.1) is 6.58 Å². The smallest absolute Gasteiger partial charge is 0.188 e. The third kappa shape index (κ3) is 3.04. The lowest BCUT2D eigenvalue weighted by atomic mass is 10.0. The fourth-order valence-corrected chi connectivity index (χ4v) is 2.16. The number of hydrogen-bond acceptors (Lipinski definition) is 2. The summed E-state index contributed by atoms with van der Waals surface area (Å²) in [6, 6.07) is 6.03. The number of Topliss-reactive ketones (excluding diaryl/α,β-unsaturated/α-hetero) is 1. The number of carbonyl (C=O) groups is 1. The van der Waals surface area contributed by atoms with Crippen LogP contribution in [0.2, 0.25) is 0 Å². The van der Waals surface area contributed by atoms with Gasteiger partial charge in [-0.2, -0.15) is 0 Å². The van der Waals surface area contributed by atoms with Crippen LogP contribution >= 0.6 is 0 Å². The molecule has 90 valence electrons. The Balaban J connectivity index is 1.93. The summed E-state index contributed by atoms with van der Waals surface area (Å²) in [5.74, 6) is 0.0729. The first-order chi connectivity index (χ1) is 8.31. The highest BCUT2D eigenvalue weighted by atomic mass is 16.5. The molecule has 0 N–H and O–H groups in total. The monoisotopic (exact) mass is 230 g/mol. The van der Waals surface area contributed by atoms with Crippen LogP contribution in [-0.2, 0) is 17.6 Å². The number of rotatable bonds is 6. The van der Waals surface area contributed by atoms with Gasteiger partial charge in [-0.1, -0.05) is 18.2 Å². The quantitative estimate of drug-likeness (QED) is 0.426. The lowest BCUT2D eigenvalue weighted by Gasteiger charge is -2.05. The highest BCUT2D eigenvalue weighted by Crippen LogP contribution is 2.22. The number of carbonyl (C=O) groups excluding carboxylic acids is 1. The summed E-state index contributed by atoms with van der Waals surface area (Å²) in [6.07, 6.45) is 6.05. The fraction of sp³-hybridized carbons (Fsp3) is 0.400. The minimum absolute atomic E-state index is 0.0729. The molecule has 0 amide bonds. The Bertz CT molecular complexity index is 421. The third-order valence-electron chi connectivity index (χ3n) is 3.12. The van der Waals surface area contributed by atoms with Crippen LogP contribution in [-0.4, -0.2) is 19.0 Å². The zero-order valence-corrected chi connectivity index (χ0v) is 10.1. The van der Waals surface area contributed by atoms with Crippen molar-refractivity contribution in [1.82, 2.24) is 0 Å². The minimum atomic E-state index is 0.0729. The minimum Gasteiger partial charge on any atom is -0.373 e. The van der Waals surface area contributed by atoms with E-state index in [2.05, 4.69) is 12.6 Å². The van der Waals surface area contributed by atoms with Gasteiger partial charge in [-0.3, -0.25) is 4.79 Å². The molecule has 2 rings (SSSR count). The van der Waals surface area contributed by atoms with Gasteiger partial charge in [0.1, 0.15) is 6.61 Å². The van der Waals surface area contributed by atoms with Gasteiger partial charge in [-0.05, 0) is 42.9 Å². The molecule has 0 unspecified atom stereocenters. The van der Waals surface area contributed by atoms with E-state index in [1.165, 1.54) is 17.5 Å². The molecule has 0 saturated heterocycles. The van der Waals surface area contributed by atoms with E-state index < -0.39 is 0 Å². The zero-order chi connectivity index (χ0) is 12.1. The van der Waals surface area contributed by atoms with E-state index in [4.69, 9.17) is 4.74 Å². The lowest BCUT2D eigenvalue weighted by molar-refractivity contribution is 0.0768. The Labute approximate surface area is 102 Å². The molecule has 0 atom stereocenters. The van der Waals surface area contributed by atoms with Crippen LogP contribution in [0.3, 0.4) is 0 Å². The molecule has 0 aromatic heterocycles. The molecule has 2 nitrogen and oxygen atoms in total. The number of ether oxygens (including phenoxy) is 1. The van der Waals surface area contributed by atoms with Crippen molar-refractivity contribution in [1.29, 1.82) is 0 Å². The Morgan fingerprint density at radius 3 is 3.00 bits per heavy atom. The Hall–Kier alpha value is -1.41. The van der Waals surface area contributed by atoms with Crippen molar-refractivity contribution in [2.24, 2.45) is 0 Å². The van der Waals surface area contributed by atoms with Crippen LogP contribution in [0.1, 0.15) is 34.3 Å². The maximum atomic E-state index is 11.9. The molecule has 1 aliphatic rings. The third-order valence-corrected chi connectivity index (χ3v) is 3.12. The second-order valence-electron chi connectivity index (χ2n) is 4.39. The van der Waals surface area contributed by atoms with Crippen LogP contribution in [0.15, 0.2) is 30.9 Å². The van der Waals surface area contributed by atoms with Crippen LogP contribution in [0.25, 0.3) is 0 Å². The molecule has 1 aliphatic carbocycles. The highest BCUT2D eigenvalue weighted by Gasteiger charge is 2.13. The van der Waals surface area contributed by atoms with E-state index in [0.717, 1.165) is 24.8 Å². The predicted molar refractivity (Wildman–Crippen MR) is 68.4 cm³/mol. The van der Waals surface area contributed by atoms with E-state index in [0.29, 0.717) is 6.61 Å². The van der Waals surface area contributed by atoms with Gasteiger partial charge in [0.25, 0.3) is 0 Å². The molecule has 2 heteroatoms. The maximum absolute atomic E-state index is 11.9. The van der Waals surface area contributed by atoms with Crippen LogP contribution < -0.4 is 0 Å². The van der Waals surface area contributed by atoms with Crippen molar-refractivity contribution in [3.8, 4) is 0 Å². The molecule has 0 spiro atoms. The van der Waals surface area contributed by atoms with Gasteiger partial charge in [0.2, 0.25) is 0 Å². The average Bonchev–Trinajstić information content (AvgIpc) is 2.81. The highest BCUT2D eigenvalue weighted by molar-refractivity contribution is 5.97. The Morgan fingerprint density at radius 1 is 1.35 bits per heavy atom. The second-order valence-corrected chi connectivity index (χ2v) is 4.39. The summed E-state index contributed by atoms with van der Waals surface area (Å²) in [5, 5.41) is 0. The lowest BCUT2D eigenvalue weighted by Crippen LogP contribution is -2.10. The van der Waals surface area contributed by atoms with Crippen LogP contribution in [0.5, 0.6) is 0 Å². The van der Waals surface area contributed by atoms with Gasteiger partial charge >= 0.3 is 0 Å². The Morgan fingerprint density at radius 2 is 2.18 bits per heavy atom. The van der Waals surface area contributed by atoms with Gasteiger partial charge in [0.15, 0.2) is 5.78 Å². The standard InChI is InChI=1S/C15H18O2/c1-2-3-9-17-11-15(16)14-8-7-12-5-4-6-13(12)10-14/h2,7-8,10H,1,3-6,9,11H2. The van der Waals surface area contributed by atoms with E-state index >= 15 is 0 Å². The number of fused-ring (bicyclic) bond motifs is 1. The van der Waals surface area contributed by atoms with Crippen molar-refractivity contribution < 1.29 is 9.53 Å². The van der Waals surface area contributed by atoms with Gasteiger partial charge in [-0.25, -0.2) is 0 Å². The average molecular weight is 230 g/mol. The van der Waals surface area contributed by atoms with E-state index in [1.54, 1.807) is 6.08 Å². The number of benzene rings is 1. The predicted octanol–water partition coefficient (Wildman–Crippen LogP) is 2.95. The first kappa shape index (κ1) is 12.1. The number of hydrogen-bond donors (Lipinski definition) is 0. The van der Waals surface area contributed by atoms with Crippen LogP contribution in [0, 0.1) is 0 Å². The summed E-state index contributed by atoms with van der Waals surface area (Å²) in [6.45, 7) is 4.35. The number of aryl methyl sites for hydroxylation is 2. The van der Waals surface area contributed by atoms with Gasteiger partial charge in [0, 0.05) is 5.56 Å². The molecule has 17 heavy (non-hydrogen) atoms. The summed E-state index contributed by atoms with van der Waals surface area (Å²) in [7, 11) is 0. The van der Waals surface area contributed by atoms with E-state index in [1.807, 2.05) is 12.1 Å². The maximum Gasteiger partial charge on any atom is 0.188 e. The fourth-order valence-electron chi connectivity index (χ4n) is 2.16. The van der Waals surface area contributed by atoms with Crippen molar-refractivity contribution in [3.63, 3.8) is 0 Å². The van der Waals surface area contributed by atoms with Crippen molar-refractivity contribution >= 4 is 5.78 Å².